The maximum atomic E-state index is 10.6. The van der Waals surface area contributed by atoms with Crippen LogP contribution in [-0.2, 0) is 0 Å². The van der Waals surface area contributed by atoms with E-state index in [0.29, 0.717) is 5.56 Å². The van der Waals surface area contributed by atoms with Crippen LogP contribution in [0.1, 0.15) is 16.2 Å². The normalized spacial score (nSPS) is 10.4. The average molecular weight is 283 g/mol. The maximum Gasteiger partial charge on any atom is 0.393 e. The van der Waals surface area contributed by atoms with Crippen LogP contribution in [0.5, 0.6) is 0 Å². The molecule has 0 radical (unpaired) electrons. The number of benzene rings is 1. The molecule has 1 heterocycles. The van der Waals surface area contributed by atoms with Crippen LogP contribution in [0.4, 0.5) is 0 Å². The first kappa shape index (κ1) is 10.8. The van der Waals surface area contributed by atoms with Crippen LogP contribution >= 0.6 is 15.9 Å². The molecule has 1 N–H and O–H groups in total. The van der Waals surface area contributed by atoms with Gasteiger partial charge in [-0.2, -0.15) is 0 Å². The highest BCUT2D eigenvalue weighted by Crippen LogP contribution is 2.28. The molecule has 0 aliphatic rings. The second kappa shape index (κ2) is 4.05. The van der Waals surface area contributed by atoms with Crippen molar-refractivity contribution in [2.75, 3.05) is 0 Å². The number of halogens is 1. The number of hydrogen-bond acceptors (Lipinski definition) is 4. The lowest BCUT2D eigenvalue weighted by atomic mass is 10.1. The van der Waals surface area contributed by atoms with Gasteiger partial charge in [0.05, 0.1) is 5.56 Å². The van der Waals surface area contributed by atoms with Crippen molar-refractivity contribution in [2.45, 2.75) is 6.92 Å². The number of aryl methyl sites for hydroxylation is 1. The van der Waals surface area contributed by atoms with Crippen LogP contribution in [0.2, 0.25) is 0 Å². The Hall–Kier alpha value is -1.69. The van der Waals surface area contributed by atoms with Crippen LogP contribution in [0, 0.1) is 6.92 Å². The van der Waals surface area contributed by atoms with Crippen molar-refractivity contribution < 1.29 is 14.3 Å². The highest BCUT2D eigenvalue weighted by molar-refractivity contribution is 9.10. The monoisotopic (exact) mass is 282 g/mol. The van der Waals surface area contributed by atoms with Gasteiger partial charge in [-0.25, -0.2) is 4.79 Å². The molecule has 1 aromatic carbocycles. The Bertz CT molecular complexity index is 551. The number of aromatic nitrogens is 2. The molecule has 2 rings (SSSR count). The van der Waals surface area contributed by atoms with Crippen molar-refractivity contribution in [1.82, 2.24) is 10.2 Å². The van der Waals surface area contributed by atoms with Gasteiger partial charge in [0.2, 0.25) is 5.89 Å². The van der Waals surface area contributed by atoms with E-state index in [2.05, 4.69) is 26.1 Å². The van der Waals surface area contributed by atoms with Crippen molar-refractivity contribution in [3.63, 3.8) is 0 Å². The topological polar surface area (TPSA) is 76.2 Å². The van der Waals surface area contributed by atoms with E-state index in [0.717, 1.165) is 10.0 Å². The minimum atomic E-state index is -1.23. The van der Waals surface area contributed by atoms with Gasteiger partial charge in [-0.3, -0.25) is 0 Å². The Morgan fingerprint density at radius 1 is 1.44 bits per heavy atom. The lowest BCUT2D eigenvalue weighted by Crippen LogP contribution is -1.95. The number of carbonyl (C=O) groups is 1. The number of carboxylic acids is 1. The zero-order chi connectivity index (χ0) is 11.7. The summed E-state index contributed by atoms with van der Waals surface area (Å²) in [4.78, 5) is 10.6. The zero-order valence-electron chi connectivity index (χ0n) is 8.27. The summed E-state index contributed by atoms with van der Waals surface area (Å²) in [5, 5.41) is 15.8. The van der Waals surface area contributed by atoms with Crippen LogP contribution in [0.3, 0.4) is 0 Å². The third-order valence-electron chi connectivity index (χ3n) is 1.96. The van der Waals surface area contributed by atoms with E-state index in [1.165, 1.54) is 0 Å². The van der Waals surface area contributed by atoms with Gasteiger partial charge < -0.3 is 9.52 Å². The quantitative estimate of drug-likeness (QED) is 0.916. The van der Waals surface area contributed by atoms with Gasteiger partial charge in [-0.15, -0.1) is 10.2 Å². The average Bonchev–Trinajstić information content (AvgIpc) is 2.70. The standard InChI is InChI=1S/C10H7BrN2O3/c1-5-2-3-7(11)6(4-5)8-12-13-9(16-8)10(14)15/h2-4H,1H3,(H,14,15). The lowest BCUT2D eigenvalue weighted by Gasteiger charge is -2.00. The SMILES string of the molecule is Cc1ccc(Br)c(-c2nnc(C(=O)O)o2)c1. The molecule has 0 unspecified atom stereocenters. The van der Waals surface area contributed by atoms with Crippen molar-refractivity contribution in [3.8, 4) is 11.5 Å². The lowest BCUT2D eigenvalue weighted by molar-refractivity contribution is 0.0654. The Balaban J connectivity index is 2.50. The fourth-order valence-corrected chi connectivity index (χ4v) is 1.64. The Morgan fingerprint density at radius 2 is 2.19 bits per heavy atom. The number of rotatable bonds is 2. The van der Waals surface area contributed by atoms with Gasteiger partial charge in [0.1, 0.15) is 0 Å². The predicted molar refractivity (Wildman–Crippen MR) is 59.1 cm³/mol. The summed E-state index contributed by atoms with van der Waals surface area (Å²) in [6.07, 6.45) is 0. The first-order valence-electron chi connectivity index (χ1n) is 4.41. The number of carboxylic acid groups (broad SMARTS) is 1. The number of aromatic carboxylic acids is 1. The Kier molecular flexibility index (Phi) is 2.74. The van der Waals surface area contributed by atoms with Crippen molar-refractivity contribution in [1.29, 1.82) is 0 Å². The highest BCUT2D eigenvalue weighted by Gasteiger charge is 2.15. The number of nitrogens with zero attached hydrogens (tertiary/aromatic N) is 2. The second-order valence-corrected chi connectivity index (χ2v) is 4.06. The summed E-state index contributed by atoms with van der Waals surface area (Å²) < 4.78 is 5.79. The smallest absolute Gasteiger partial charge is 0.393 e. The second-order valence-electron chi connectivity index (χ2n) is 3.20. The molecule has 16 heavy (non-hydrogen) atoms. The third kappa shape index (κ3) is 1.96. The Morgan fingerprint density at radius 3 is 2.81 bits per heavy atom. The molecule has 0 spiro atoms. The molecule has 1 aromatic heterocycles. The molecule has 2 aromatic rings. The van der Waals surface area contributed by atoms with Gasteiger partial charge in [0.25, 0.3) is 0 Å². The molecule has 0 amide bonds. The van der Waals surface area contributed by atoms with Gasteiger partial charge in [-0.05, 0) is 35.0 Å². The van der Waals surface area contributed by atoms with Crippen molar-refractivity contribution in [3.05, 3.63) is 34.1 Å². The zero-order valence-corrected chi connectivity index (χ0v) is 9.85. The fraction of sp³-hybridized carbons (Fsp3) is 0.100. The minimum Gasteiger partial charge on any atom is -0.474 e. The van der Waals surface area contributed by atoms with Gasteiger partial charge >= 0.3 is 11.9 Å². The van der Waals surface area contributed by atoms with E-state index in [4.69, 9.17) is 9.52 Å². The van der Waals surface area contributed by atoms with Crippen molar-refractivity contribution >= 4 is 21.9 Å². The molecular formula is C10H7BrN2O3. The van der Waals surface area contributed by atoms with Crippen molar-refractivity contribution in [2.24, 2.45) is 0 Å². The minimum absolute atomic E-state index is 0.188. The molecule has 6 heteroatoms. The van der Waals surface area contributed by atoms with E-state index < -0.39 is 11.9 Å². The number of hydrogen-bond donors (Lipinski definition) is 1. The summed E-state index contributed by atoms with van der Waals surface area (Å²) in [5.74, 6) is -1.46. The van der Waals surface area contributed by atoms with Crippen LogP contribution in [0.25, 0.3) is 11.5 Å². The van der Waals surface area contributed by atoms with Crippen LogP contribution in [-0.4, -0.2) is 21.3 Å². The summed E-state index contributed by atoms with van der Waals surface area (Å²) in [7, 11) is 0. The molecule has 0 fully saturated rings. The summed E-state index contributed by atoms with van der Waals surface area (Å²) in [6, 6.07) is 5.60. The first-order valence-corrected chi connectivity index (χ1v) is 5.20. The molecule has 0 saturated carbocycles. The van der Waals surface area contributed by atoms with E-state index in [1.54, 1.807) is 0 Å². The molecule has 0 saturated heterocycles. The third-order valence-corrected chi connectivity index (χ3v) is 2.65. The summed E-state index contributed by atoms with van der Waals surface area (Å²) in [6.45, 7) is 1.92. The highest BCUT2D eigenvalue weighted by atomic mass is 79.9. The van der Waals surface area contributed by atoms with Gasteiger partial charge in [0, 0.05) is 4.47 Å². The fourth-order valence-electron chi connectivity index (χ4n) is 1.22. The van der Waals surface area contributed by atoms with Crippen LogP contribution in [0.15, 0.2) is 27.1 Å². The molecule has 0 bridgehead atoms. The molecule has 5 nitrogen and oxygen atoms in total. The van der Waals surface area contributed by atoms with E-state index in [9.17, 15) is 4.79 Å². The van der Waals surface area contributed by atoms with Crippen LogP contribution < -0.4 is 0 Å². The van der Waals surface area contributed by atoms with E-state index in [-0.39, 0.29) is 5.89 Å². The van der Waals surface area contributed by atoms with E-state index >= 15 is 0 Å². The molecule has 82 valence electrons. The van der Waals surface area contributed by atoms with E-state index in [1.807, 2.05) is 25.1 Å². The largest absolute Gasteiger partial charge is 0.474 e. The predicted octanol–water partition coefficient (Wildman–Crippen LogP) is 2.51. The maximum absolute atomic E-state index is 10.6. The summed E-state index contributed by atoms with van der Waals surface area (Å²) >= 11 is 3.34. The van der Waals surface area contributed by atoms with Gasteiger partial charge in [0.15, 0.2) is 0 Å². The molecular weight excluding hydrogens is 276 g/mol. The first-order chi connectivity index (χ1) is 7.58. The Labute approximate surface area is 99.2 Å². The molecule has 0 aliphatic carbocycles. The van der Waals surface area contributed by atoms with Gasteiger partial charge in [-0.1, -0.05) is 11.6 Å². The molecule has 0 aliphatic heterocycles. The summed E-state index contributed by atoms with van der Waals surface area (Å²) in [5.41, 5.74) is 1.70. The molecule has 0 atom stereocenters.